The van der Waals surface area contributed by atoms with Gasteiger partial charge < -0.3 is 5.32 Å². The summed E-state index contributed by atoms with van der Waals surface area (Å²) in [5.74, 6) is -2.19. The van der Waals surface area contributed by atoms with E-state index >= 15 is 0 Å². The maximum atomic E-state index is 14.2. The van der Waals surface area contributed by atoms with E-state index in [-0.39, 0.29) is 17.5 Å². The Bertz CT molecular complexity index is 903. The van der Waals surface area contributed by atoms with E-state index in [1.807, 2.05) is 24.3 Å². The van der Waals surface area contributed by atoms with E-state index < -0.39 is 29.1 Å². The van der Waals surface area contributed by atoms with Gasteiger partial charge in [-0.3, -0.25) is 9.69 Å². The lowest BCUT2D eigenvalue weighted by atomic mass is 9.86. The molecule has 1 N–H and O–H groups in total. The Hall–Kier alpha value is -2.76. The van der Waals surface area contributed by atoms with Crippen LogP contribution in [0.5, 0.6) is 0 Å². The molecule has 3 rings (SSSR count). The van der Waals surface area contributed by atoms with E-state index in [0.29, 0.717) is 6.07 Å². The molecule has 1 aliphatic rings. The Labute approximate surface area is 157 Å². The van der Waals surface area contributed by atoms with Crippen LogP contribution in [-0.4, -0.2) is 16.8 Å². The molecule has 0 radical (unpaired) electrons. The number of hydrogen-bond donors (Lipinski definition) is 1. The molecule has 1 unspecified atom stereocenters. The smallest absolute Gasteiger partial charge is 0.319 e. The van der Waals surface area contributed by atoms with E-state index in [0.717, 1.165) is 22.1 Å². The van der Waals surface area contributed by atoms with Crippen LogP contribution in [0.1, 0.15) is 44.4 Å². The topological polar surface area (TPSA) is 49.4 Å². The number of halogens is 2. The van der Waals surface area contributed by atoms with Crippen LogP contribution in [0, 0.1) is 11.6 Å². The maximum absolute atomic E-state index is 14.2. The second-order valence-corrected chi connectivity index (χ2v) is 8.02. The van der Waals surface area contributed by atoms with Crippen LogP contribution < -0.4 is 5.32 Å². The van der Waals surface area contributed by atoms with Gasteiger partial charge in [-0.1, -0.05) is 51.1 Å². The Morgan fingerprint density at radius 3 is 2.22 bits per heavy atom. The highest BCUT2D eigenvalue weighted by Gasteiger charge is 2.50. The van der Waals surface area contributed by atoms with Crippen LogP contribution in [0.15, 0.2) is 42.5 Å². The molecule has 6 heteroatoms. The first-order valence-electron chi connectivity index (χ1n) is 8.71. The summed E-state index contributed by atoms with van der Waals surface area (Å²) in [7, 11) is 0. The zero-order valence-electron chi connectivity index (χ0n) is 15.8. The van der Waals surface area contributed by atoms with Gasteiger partial charge in [0.15, 0.2) is 0 Å². The first kappa shape index (κ1) is 19.0. The van der Waals surface area contributed by atoms with E-state index in [9.17, 15) is 18.4 Å². The minimum Gasteiger partial charge on any atom is -0.319 e. The van der Waals surface area contributed by atoms with Crippen molar-refractivity contribution in [3.63, 3.8) is 0 Å². The van der Waals surface area contributed by atoms with Crippen molar-refractivity contribution in [3.05, 3.63) is 70.8 Å². The SMILES string of the molecule is CC(C)(C)c1ccc(CN2C(=O)NC(C)(c3ccc(F)cc3F)C2=O)cc1. The highest BCUT2D eigenvalue weighted by molar-refractivity contribution is 6.07. The Kier molecular flexibility index (Phi) is 4.54. The van der Waals surface area contributed by atoms with Crippen LogP contribution >= 0.6 is 0 Å². The Morgan fingerprint density at radius 1 is 1.04 bits per heavy atom. The van der Waals surface area contributed by atoms with Gasteiger partial charge in [-0.05, 0) is 29.5 Å². The van der Waals surface area contributed by atoms with Crippen LogP contribution in [0.3, 0.4) is 0 Å². The number of nitrogens with zero attached hydrogens (tertiary/aromatic N) is 1. The quantitative estimate of drug-likeness (QED) is 0.820. The number of benzene rings is 2. The van der Waals surface area contributed by atoms with E-state index in [1.54, 1.807) is 0 Å². The molecular weight excluding hydrogens is 350 g/mol. The van der Waals surface area contributed by atoms with Crippen molar-refractivity contribution in [2.45, 2.75) is 45.2 Å². The highest BCUT2D eigenvalue weighted by Crippen LogP contribution is 2.32. The number of urea groups is 1. The van der Waals surface area contributed by atoms with Crippen molar-refractivity contribution >= 4 is 11.9 Å². The molecular formula is C21H22F2N2O2. The van der Waals surface area contributed by atoms with Gasteiger partial charge in [0.2, 0.25) is 0 Å². The maximum Gasteiger partial charge on any atom is 0.325 e. The summed E-state index contributed by atoms with van der Waals surface area (Å²) in [5, 5.41) is 2.54. The third kappa shape index (κ3) is 3.44. The van der Waals surface area contributed by atoms with Crippen LogP contribution in [-0.2, 0) is 22.3 Å². The van der Waals surface area contributed by atoms with Gasteiger partial charge in [0.05, 0.1) is 6.54 Å². The predicted molar refractivity (Wildman–Crippen MR) is 97.9 cm³/mol. The average Bonchev–Trinajstić information content (AvgIpc) is 2.78. The van der Waals surface area contributed by atoms with Crippen molar-refractivity contribution in [2.75, 3.05) is 0 Å². The van der Waals surface area contributed by atoms with Gasteiger partial charge >= 0.3 is 6.03 Å². The second-order valence-electron chi connectivity index (χ2n) is 8.02. The molecule has 142 valence electrons. The first-order valence-corrected chi connectivity index (χ1v) is 8.71. The monoisotopic (exact) mass is 372 g/mol. The van der Waals surface area contributed by atoms with E-state index in [4.69, 9.17) is 0 Å². The van der Waals surface area contributed by atoms with Gasteiger partial charge in [-0.2, -0.15) is 0 Å². The minimum absolute atomic E-state index is 0.00193. The third-order valence-corrected chi connectivity index (χ3v) is 4.91. The number of rotatable bonds is 3. The fraction of sp³-hybridized carbons (Fsp3) is 0.333. The van der Waals surface area contributed by atoms with Crippen molar-refractivity contribution in [2.24, 2.45) is 0 Å². The molecule has 3 amide bonds. The van der Waals surface area contributed by atoms with Crippen molar-refractivity contribution in [3.8, 4) is 0 Å². The number of carbonyl (C=O) groups is 2. The van der Waals surface area contributed by atoms with Crippen LogP contribution in [0.2, 0.25) is 0 Å². The number of hydrogen-bond acceptors (Lipinski definition) is 2. The Balaban J connectivity index is 1.86. The molecule has 0 bridgehead atoms. The molecule has 1 heterocycles. The van der Waals surface area contributed by atoms with Crippen LogP contribution in [0.4, 0.5) is 13.6 Å². The molecule has 0 saturated carbocycles. The van der Waals surface area contributed by atoms with Gasteiger partial charge in [0, 0.05) is 11.6 Å². The highest BCUT2D eigenvalue weighted by atomic mass is 19.1. The molecule has 4 nitrogen and oxygen atoms in total. The van der Waals surface area contributed by atoms with Gasteiger partial charge in [-0.15, -0.1) is 0 Å². The summed E-state index contributed by atoms with van der Waals surface area (Å²) in [5.41, 5.74) is 0.294. The summed E-state index contributed by atoms with van der Waals surface area (Å²) < 4.78 is 27.4. The van der Waals surface area contributed by atoms with Crippen molar-refractivity contribution in [1.29, 1.82) is 0 Å². The van der Waals surface area contributed by atoms with Gasteiger partial charge in [0.1, 0.15) is 17.2 Å². The minimum atomic E-state index is -1.57. The van der Waals surface area contributed by atoms with Crippen molar-refractivity contribution in [1.82, 2.24) is 10.2 Å². The summed E-state index contributed by atoms with van der Waals surface area (Å²) >= 11 is 0. The van der Waals surface area contributed by atoms with Gasteiger partial charge in [-0.25, -0.2) is 13.6 Å². The molecule has 1 atom stereocenters. The first-order chi connectivity index (χ1) is 12.5. The number of amides is 3. The Morgan fingerprint density at radius 2 is 1.67 bits per heavy atom. The average molecular weight is 372 g/mol. The number of imide groups is 1. The third-order valence-electron chi connectivity index (χ3n) is 4.91. The second kappa shape index (κ2) is 6.44. The molecule has 27 heavy (non-hydrogen) atoms. The lowest BCUT2D eigenvalue weighted by molar-refractivity contribution is -0.131. The molecule has 1 fully saturated rings. The molecule has 1 aliphatic heterocycles. The molecule has 1 saturated heterocycles. The van der Waals surface area contributed by atoms with E-state index in [2.05, 4.69) is 26.1 Å². The summed E-state index contributed by atoms with van der Waals surface area (Å²) in [6.45, 7) is 7.80. The van der Waals surface area contributed by atoms with Gasteiger partial charge in [0.25, 0.3) is 5.91 Å². The predicted octanol–water partition coefficient (Wildman–Crippen LogP) is 4.23. The van der Waals surface area contributed by atoms with E-state index in [1.165, 1.54) is 13.0 Å². The number of nitrogens with one attached hydrogen (secondary N) is 1. The molecule has 2 aromatic carbocycles. The largest absolute Gasteiger partial charge is 0.325 e. The summed E-state index contributed by atoms with van der Waals surface area (Å²) in [6, 6.07) is 10.0. The van der Waals surface area contributed by atoms with Crippen molar-refractivity contribution < 1.29 is 18.4 Å². The molecule has 0 aromatic heterocycles. The molecule has 2 aromatic rings. The summed E-state index contributed by atoms with van der Waals surface area (Å²) in [4.78, 5) is 26.3. The lowest BCUT2D eigenvalue weighted by Gasteiger charge is -2.23. The molecule has 0 aliphatic carbocycles. The standard InChI is InChI=1S/C21H22F2N2O2/c1-20(2,3)14-7-5-13(6-8-14)12-25-18(26)21(4,24-19(25)27)16-10-9-15(22)11-17(16)23/h5-11H,12H2,1-4H3,(H,24,27). The fourth-order valence-corrected chi connectivity index (χ4v) is 3.21. The zero-order valence-corrected chi connectivity index (χ0v) is 15.8. The molecule has 0 spiro atoms. The fourth-order valence-electron chi connectivity index (χ4n) is 3.21. The zero-order chi connectivity index (χ0) is 20.0. The summed E-state index contributed by atoms with van der Waals surface area (Å²) in [6.07, 6.45) is 0. The van der Waals surface area contributed by atoms with Crippen LogP contribution in [0.25, 0.3) is 0 Å². The lowest BCUT2D eigenvalue weighted by Crippen LogP contribution is -2.41. The normalized spacial score (nSPS) is 20.1. The number of carbonyl (C=O) groups excluding carboxylic acids is 2.